The first kappa shape index (κ1) is 15.0. The molecule has 116 valence electrons. The molecule has 0 bridgehead atoms. The van der Waals surface area contributed by atoms with Gasteiger partial charge in [0.25, 0.3) is 0 Å². The Balaban J connectivity index is 1.80. The lowest BCUT2D eigenvalue weighted by atomic mass is 9.98. The molecule has 22 heavy (non-hydrogen) atoms. The van der Waals surface area contributed by atoms with Gasteiger partial charge in [-0.1, -0.05) is 18.6 Å². The molecule has 0 spiro atoms. The van der Waals surface area contributed by atoms with Gasteiger partial charge in [0.05, 0.1) is 18.8 Å². The highest BCUT2D eigenvalue weighted by Gasteiger charge is 2.25. The summed E-state index contributed by atoms with van der Waals surface area (Å²) in [6.07, 6.45) is 5.56. The minimum atomic E-state index is 0.390. The number of hydrogen-bond acceptors (Lipinski definition) is 4. The molecular weight excluding hydrogens is 274 g/mol. The third kappa shape index (κ3) is 3.45. The molecule has 1 atom stereocenters. The summed E-state index contributed by atoms with van der Waals surface area (Å²) in [5.74, 6) is 1.77. The molecule has 0 amide bonds. The van der Waals surface area contributed by atoms with Crippen molar-refractivity contribution in [3.8, 4) is 5.75 Å². The zero-order chi connectivity index (χ0) is 15.4. The Morgan fingerprint density at radius 1 is 1.27 bits per heavy atom. The lowest BCUT2D eigenvalue weighted by molar-refractivity contribution is 0.137. The highest BCUT2D eigenvalue weighted by Crippen LogP contribution is 2.31. The van der Waals surface area contributed by atoms with Gasteiger partial charge in [0, 0.05) is 12.7 Å². The predicted octanol–water partition coefficient (Wildman–Crippen LogP) is 3.52. The maximum atomic E-state index is 5.33. The van der Waals surface area contributed by atoms with Gasteiger partial charge in [0.15, 0.2) is 0 Å². The van der Waals surface area contributed by atoms with Crippen LogP contribution in [0.1, 0.15) is 42.4 Å². The second kappa shape index (κ2) is 6.88. The molecule has 2 heterocycles. The van der Waals surface area contributed by atoms with E-state index in [1.807, 2.05) is 19.2 Å². The Morgan fingerprint density at radius 3 is 3.00 bits per heavy atom. The van der Waals surface area contributed by atoms with Crippen LogP contribution in [0.25, 0.3) is 0 Å². The number of hydrogen-bond donors (Lipinski definition) is 0. The number of ether oxygens (including phenoxy) is 1. The molecule has 1 saturated heterocycles. The molecule has 1 unspecified atom stereocenters. The number of piperidine rings is 1. The normalized spacial score (nSPS) is 19.1. The van der Waals surface area contributed by atoms with E-state index < -0.39 is 0 Å². The average Bonchev–Trinajstić information content (AvgIpc) is 2.55. The summed E-state index contributed by atoms with van der Waals surface area (Å²) in [6, 6.07) is 10.8. The van der Waals surface area contributed by atoms with Crippen molar-refractivity contribution in [2.45, 2.75) is 38.8 Å². The minimum absolute atomic E-state index is 0.390. The fourth-order valence-electron chi connectivity index (χ4n) is 3.18. The van der Waals surface area contributed by atoms with Crippen LogP contribution in [0.2, 0.25) is 0 Å². The maximum absolute atomic E-state index is 5.33. The molecule has 4 nitrogen and oxygen atoms in total. The lowest BCUT2D eigenvalue weighted by Crippen LogP contribution is -2.33. The lowest BCUT2D eigenvalue weighted by Gasteiger charge is -2.35. The monoisotopic (exact) mass is 297 g/mol. The standard InChI is InChI=1S/C18H23N3O/c1-14-19-10-9-17(20-14)18-8-3-4-11-21(18)13-15-6-5-7-16(12-15)22-2/h5-7,9-10,12,18H,3-4,8,11,13H2,1-2H3. The number of methoxy groups -OCH3 is 1. The van der Waals surface area contributed by atoms with E-state index in [9.17, 15) is 0 Å². The van der Waals surface area contributed by atoms with Crippen LogP contribution in [0.5, 0.6) is 5.75 Å². The van der Waals surface area contributed by atoms with E-state index in [0.717, 1.165) is 30.4 Å². The molecule has 1 fully saturated rings. The fourth-order valence-corrected chi connectivity index (χ4v) is 3.18. The van der Waals surface area contributed by atoms with Gasteiger partial charge in [0.1, 0.15) is 11.6 Å². The molecule has 3 rings (SSSR count). The molecule has 2 aromatic rings. The Morgan fingerprint density at radius 2 is 2.18 bits per heavy atom. The molecule has 0 radical (unpaired) electrons. The van der Waals surface area contributed by atoms with Gasteiger partial charge >= 0.3 is 0 Å². The van der Waals surface area contributed by atoms with Crippen LogP contribution in [-0.2, 0) is 6.54 Å². The Kier molecular flexibility index (Phi) is 4.68. The summed E-state index contributed by atoms with van der Waals surface area (Å²) in [4.78, 5) is 11.4. The summed E-state index contributed by atoms with van der Waals surface area (Å²) in [7, 11) is 1.71. The molecule has 0 saturated carbocycles. The highest BCUT2D eigenvalue weighted by atomic mass is 16.5. The summed E-state index contributed by atoms with van der Waals surface area (Å²) in [5.41, 5.74) is 2.44. The first-order valence-electron chi connectivity index (χ1n) is 7.93. The van der Waals surface area contributed by atoms with Crippen molar-refractivity contribution >= 4 is 0 Å². The predicted molar refractivity (Wildman–Crippen MR) is 86.8 cm³/mol. The van der Waals surface area contributed by atoms with Crippen molar-refractivity contribution in [2.75, 3.05) is 13.7 Å². The van der Waals surface area contributed by atoms with Crippen molar-refractivity contribution in [1.82, 2.24) is 14.9 Å². The SMILES string of the molecule is COc1cccc(CN2CCCCC2c2ccnc(C)n2)c1. The van der Waals surface area contributed by atoms with Crippen molar-refractivity contribution in [3.05, 3.63) is 53.6 Å². The summed E-state index contributed by atoms with van der Waals surface area (Å²) in [5, 5.41) is 0. The topological polar surface area (TPSA) is 38.2 Å². The minimum Gasteiger partial charge on any atom is -0.497 e. The van der Waals surface area contributed by atoms with E-state index in [4.69, 9.17) is 4.74 Å². The van der Waals surface area contributed by atoms with Gasteiger partial charge in [-0.05, 0) is 50.1 Å². The second-order valence-electron chi connectivity index (χ2n) is 5.86. The molecule has 0 aliphatic carbocycles. The molecule has 4 heteroatoms. The zero-order valence-electron chi connectivity index (χ0n) is 13.3. The van der Waals surface area contributed by atoms with E-state index in [2.05, 4.69) is 39.1 Å². The van der Waals surface area contributed by atoms with Crippen LogP contribution >= 0.6 is 0 Å². The quantitative estimate of drug-likeness (QED) is 0.865. The van der Waals surface area contributed by atoms with Crippen molar-refractivity contribution in [2.24, 2.45) is 0 Å². The van der Waals surface area contributed by atoms with E-state index >= 15 is 0 Å². The van der Waals surface area contributed by atoms with Gasteiger partial charge < -0.3 is 4.74 Å². The van der Waals surface area contributed by atoms with E-state index in [-0.39, 0.29) is 0 Å². The molecule has 1 aromatic carbocycles. The smallest absolute Gasteiger partial charge is 0.125 e. The van der Waals surface area contributed by atoms with Gasteiger partial charge in [-0.3, -0.25) is 4.90 Å². The third-order valence-corrected chi connectivity index (χ3v) is 4.27. The fraction of sp³-hybridized carbons (Fsp3) is 0.444. The largest absolute Gasteiger partial charge is 0.497 e. The van der Waals surface area contributed by atoms with Gasteiger partial charge in [-0.15, -0.1) is 0 Å². The summed E-state index contributed by atoms with van der Waals surface area (Å²) < 4.78 is 5.33. The molecule has 0 N–H and O–H groups in total. The van der Waals surface area contributed by atoms with Gasteiger partial charge in [-0.2, -0.15) is 0 Å². The Bertz CT molecular complexity index is 629. The summed E-state index contributed by atoms with van der Waals surface area (Å²) >= 11 is 0. The van der Waals surface area contributed by atoms with Crippen LogP contribution in [0.4, 0.5) is 0 Å². The summed E-state index contributed by atoms with van der Waals surface area (Å²) in [6.45, 7) is 4.01. The van der Waals surface area contributed by atoms with Gasteiger partial charge in [-0.25, -0.2) is 9.97 Å². The maximum Gasteiger partial charge on any atom is 0.125 e. The van der Waals surface area contributed by atoms with Crippen LogP contribution < -0.4 is 4.74 Å². The van der Waals surface area contributed by atoms with Gasteiger partial charge in [0.2, 0.25) is 0 Å². The number of nitrogens with zero attached hydrogens (tertiary/aromatic N) is 3. The Hall–Kier alpha value is -1.94. The molecule has 1 aliphatic rings. The van der Waals surface area contributed by atoms with Crippen LogP contribution in [-0.4, -0.2) is 28.5 Å². The Labute approximate surface area is 132 Å². The molecular formula is C18H23N3O. The number of aromatic nitrogens is 2. The number of aryl methyl sites for hydroxylation is 1. The van der Waals surface area contributed by atoms with Crippen molar-refractivity contribution in [1.29, 1.82) is 0 Å². The average molecular weight is 297 g/mol. The first-order chi connectivity index (χ1) is 10.8. The second-order valence-corrected chi connectivity index (χ2v) is 5.86. The number of likely N-dealkylation sites (tertiary alicyclic amines) is 1. The van der Waals surface area contributed by atoms with E-state index in [0.29, 0.717) is 6.04 Å². The van der Waals surface area contributed by atoms with Crippen LogP contribution in [0, 0.1) is 6.92 Å². The van der Waals surface area contributed by atoms with E-state index in [1.54, 1.807) is 7.11 Å². The molecule has 1 aromatic heterocycles. The van der Waals surface area contributed by atoms with Crippen LogP contribution in [0.15, 0.2) is 36.5 Å². The van der Waals surface area contributed by atoms with E-state index in [1.165, 1.54) is 24.8 Å². The highest BCUT2D eigenvalue weighted by molar-refractivity contribution is 5.28. The first-order valence-corrected chi connectivity index (χ1v) is 7.93. The van der Waals surface area contributed by atoms with Crippen LogP contribution in [0.3, 0.4) is 0 Å². The zero-order valence-corrected chi connectivity index (χ0v) is 13.3. The number of benzene rings is 1. The molecule has 1 aliphatic heterocycles. The third-order valence-electron chi connectivity index (χ3n) is 4.27. The van der Waals surface area contributed by atoms with Crippen molar-refractivity contribution in [3.63, 3.8) is 0 Å². The number of rotatable bonds is 4. The van der Waals surface area contributed by atoms with Crippen molar-refractivity contribution < 1.29 is 4.74 Å².